The molecule has 1 aromatic rings. The van der Waals surface area contributed by atoms with E-state index >= 15 is 0 Å². The zero-order valence-corrected chi connectivity index (χ0v) is 8.67. The van der Waals surface area contributed by atoms with Crippen molar-refractivity contribution in [3.05, 3.63) is 33.8 Å². The van der Waals surface area contributed by atoms with Crippen LogP contribution in [0.1, 0.15) is 34.7 Å². The lowest BCUT2D eigenvalue weighted by Gasteiger charge is -2.02. The van der Waals surface area contributed by atoms with E-state index < -0.39 is 0 Å². The van der Waals surface area contributed by atoms with Crippen LogP contribution in [0.15, 0.2) is 22.7 Å². The lowest BCUT2D eigenvalue weighted by atomic mass is 10.1. The molecule has 3 heteroatoms. The number of hydrogen-bond donors (Lipinski definition) is 1. The summed E-state index contributed by atoms with van der Waals surface area (Å²) in [7, 11) is 0. The first-order chi connectivity index (χ1) is 6.18. The summed E-state index contributed by atoms with van der Waals surface area (Å²) in [5.74, 6) is 0.326. The first-order valence-electron chi connectivity index (χ1n) is 4.27. The molecule has 0 bridgehead atoms. The van der Waals surface area contributed by atoms with Gasteiger partial charge in [-0.25, -0.2) is 0 Å². The molecule has 2 N–H and O–H groups in total. The van der Waals surface area contributed by atoms with E-state index in [-0.39, 0.29) is 5.91 Å². The number of amides is 1. The lowest BCUT2D eigenvalue weighted by molar-refractivity contribution is 0.0999. The van der Waals surface area contributed by atoms with E-state index in [0.717, 1.165) is 4.47 Å². The van der Waals surface area contributed by atoms with Crippen molar-refractivity contribution in [3.63, 3.8) is 0 Å². The van der Waals surface area contributed by atoms with Crippen molar-refractivity contribution in [2.45, 2.75) is 18.8 Å². The SMILES string of the molecule is NC(=O)c1ccc(C2CC2)cc1Br. The third kappa shape index (κ3) is 1.75. The number of hydrogen-bond acceptors (Lipinski definition) is 1. The standard InChI is InChI=1S/C10H10BrNO/c11-9-5-7(6-1-2-6)3-4-8(9)10(12)13/h3-6H,1-2H2,(H2,12,13). The Bertz CT molecular complexity index is 358. The van der Waals surface area contributed by atoms with Gasteiger partial charge in [0.05, 0.1) is 5.56 Å². The van der Waals surface area contributed by atoms with Crippen molar-refractivity contribution in [3.8, 4) is 0 Å². The fourth-order valence-electron chi connectivity index (χ4n) is 1.40. The summed E-state index contributed by atoms with van der Waals surface area (Å²) in [5.41, 5.74) is 7.05. The average Bonchev–Trinajstić information content (AvgIpc) is 2.85. The number of rotatable bonds is 2. The third-order valence-electron chi connectivity index (χ3n) is 2.31. The molecule has 2 rings (SSSR count). The molecule has 1 amide bonds. The molecule has 0 spiro atoms. The van der Waals surface area contributed by atoms with Crippen molar-refractivity contribution in [2.24, 2.45) is 5.73 Å². The minimum absolute atomic E-state index is 0.380. The second kappa shape index (κ2) is 3.14. The van der Waals surface area contributed by atoms with Gasteiger partial charge in [-0.3, -0.25) is 4.79 Å². The van der Waals surface area contributed by atoms with E-state index in [9.17, 15) is 4.79 Å². The first-order valence-corrected chi connectivity index (χ1v) is 5.07. The van der Waals surface area contributed by atoms with Crippen LogP contribution in [0.4, 0.5) is 0 Å². The van der Waals surface area contributed by atoms with Gasteiger partial charge in [0, 0.05) is 4.47 Å². The number of carbonyl (C=O) groups excluding carboxylic acids is 1. The molecule has 1 fully saturated rings. The topological polar surface area (TPSA) is 43.1 Å². The van der Waals surface area contributed by atoms with E-state index in [1.54, 1.807) is 6.07 Å². The molecule has 1 aromatic carbocycles. The third-order valence-corrected chi connectivity index (χ3v) is 2.96. The quantitative estimate of drug-likeness (QED) is 0.847. The maximum atomic E-state index is 10.9. The molecule has 2 nitrogen and oxygen atoms in total. The van der Waals surface area contributed by atoms with Gasteiger partial charge in [0.15, 0.2) is 0 Å². The van der Waals surface area contributed by atoms with Crippen LogP contribution >= 0.6 is 15.9 Å². The van der Waals surface area contributed by atoms with Gasteiger partial charge >= 0.3 is 0 Å². The number of primary amides is 1. The van der Waals surface area contributed by atoms with Crippen LogP contribution in [0.25, 0.3) is 0 Å². The number of benzene rings is 1. The summed E-state index contributed by atoms with van der Waals surface area (Å²) >= 11 is 3.34. The van der Waals surface area contributed by atoms with Crippen LogP contribution in [-0.4, -0.2) is 5.91 Å². The molecule has 0 atom stereocenters. The predicted molar refractivity (Wildman–Crippen MR) is 54.6 cm³/mol. The molecule has 0 heterocycles. The molecule has 1 saturated carbocycles. The summed E-state index contributed by atoms with van der Waals surface area (Å²) in [6.07, 6.45) is 2.53. The van der Waals surface area contributed by atoms with Crippen LogP contribution in [-0.2, 0) is 0 Å². The Labute approximate surface area is 85.3 Å². The molecule has 0 radical (unpaired) electrons. The van der Waals surface area contributed by atoms with Crippen LogP contribution in [0.3, 0.4) is 0 Å². The van der Waals surface area contributed by atoms with Gasteiger partial charge < -0.3 is 5.73 Å². The monoisotopic (exact) mass is 239 g/mol. The number of nitrogens with two attached hydrogens (primary N) is 1. The zero-order valence-electron chi connectivity index (χ0n) is 7.09. The normalized spacial score (nSPS) is 15.8. The van der Waals surface area contributed by atoms with Gasteiger partial charge in [0.2, 0.25) is 5.91 Å². The summed E-state index contributed by atoms with van der Waals surface area (Å²) < 4.78 is 0.810. The molecule has 0 unspecified atom stereocenters. The molecule has 13 heavy (non-hydrogen) atoms. The zero-order chi connectivity index (χ0) is 9.42. The smallest absolute Gasteiger partial charge is 0.249 e. The maximum absolute atomic E-state index is 10.9. The number of halogens is 1. The van der Waals surface area contributed by atoms with Crippen LogP contribution < -0.4 is 5.73 Å². The highest BCUT2D eigenvalue weighted by molar-refractivity contribution is 9.10. The second-order valence-corrected chi connectivity index (χ2v) is 4.23. The van der Waals surface area contributed by atoms with E-state index in [1.807, 2.05) is 12.1 Å². The Morgan fingerprint density at radius 3 is 2.62 bits per heavy atom. The summed E-state index contributed by atoms with van der Waals surface area (Å²) in [5, 5.41) is 0. The van der Waals surface area contributed by atoms with E-state index in [2.05, 4.69) is 15.9 Å². The Balaban J connectivity index is 2.36. The van der Waals surface area contributed by atoms with Gasteiger partial charge in [-0.2, -0.15) is 0 Å². The Hall–Kier alpha value is -0.830. The summed E-state index contributed by atoms with van der Waals surface area (Å²) in [6, 6.07) is 5.78. The minimum Gasteiger partial charge on any atom is -0.366 e. The predicted octanol–water partition coefficient (Wildman–Crippen LogP) is 2.43. The highest BCUT2D eigenvalue weighted by Crippen LogP contribution is 2.41. The second-order valence-electron chi connectivity index (χ2n) is 3.38. The lowest BCUT2D eigenvalue weighted by Crippen LogP contribution is -2.11. The average molecular weight is 240 g/mol. The van der Waals surface area contributed by atoms with Crippen molar-refractivity contribution in [1.82, 2.24) is 0 Å². The number of carbonyl (C=O) groups is 1. The highest BCUT2D eigenvalue weighted by Gasteiger charge is 2.24. The van der Waals surface area contributed by atoms with Gasteiger partial charge in [-0.05, 0) is 52.4 Å². The molecule has 68 valence electrons. The van der Waals surface area contributed by atoms with Crippen molar-refractivity contribution in [1.29, 1.82) is 0 Å². The van der Waals surface area contributed by atoms with E-state index in [4.69, 9.17) is 5.73 Å². The fraction of sp³-hybridized carbons (Fsp3) is 0.300. The van der Waals surface area contributed by atoms with Crippen molar-refractivity contribution in [2.75, 3.05) is 0 Å². The molecular formula is C10H10BrNO. The minimum atomic E-state index is -0.380. The molecule has 0 saturated heterocycles. The Morgan fingerprint density at radius 2 is 2.15 bits per heavy atom. The van der Waals surface area contributed by atoms with Crippen LogP contribution in [0, 0.1) is 0 Å². The summed E-state index contributed by atoms with van der Waals surface area (Å²) in [6.45, 7) is 0. The summed E-state index contributed by atoms with van der Waals surface area (Å²) in [4.78, 5) is 10.9. The van der Waals surface area contributed by atoms with Gasteiger partial charge in [-0.15, -0.1) is 0 Å². The Morgan fingerprint density at radius 1 is 1.46 bits per heavy atom. The molecule has 1 aliphatic rings. The van der Waals surface area contributed by atoms with E-state index in [1.165, 1.54) is 18.4 Å². The fourth-order valence-corrected chi connectivity index (χ4v) is 1.99. The van der Waals surface area contributed by atoms with Crippen molar-refractivity contribution >= 4 is 21.8 Å². The first kappa shape index (κ1) is 8.75. The largest absolute Gasteiger partial charge is 0.366 e. The van der Waals surface area contributed by atoms with Gasteiger partial charge in [0.25, 0.3) is 0 Å². The highest BCUT2D eigenvalue weighted by atomic mass is 79.9. The molecule has 0 aromatic heterocycles. The van der Waals surface area contributed by atoms with Crippen LogP contribution in [0.2, 0.25) is 0 Å². The molecular weight excluding hydrogens is 230 g/mol. The molecule has 1 aliphatic carbocycles. The van der Waals surface area contributed by atoms with E-state index in [0.29, 0.717) is 11.5 Å². The van der Waals surface area contributed by atoms with Crippen molar-refractivity contribution < 1.29 is 4.79 Å². The molecule has 0 aliphatic heterocycles. The van der Waals surface area contributed by atoms with Crippen LogP contribution in [0.5, 0.6) is 0 Å². The Kier molecular flexibility index (Phi) is 2.12. The van der Waals surface area contributed by atoms with Gasteiger partial charge in [0.1, 0.15) is 0 Å². The van der Waals surface area contributed by atoms with Gasteiger partial charge in [-0.1, -0.05) is 6.07 Å². The maximum Gasteiger partial charge on any atom is 0.249 e.